The van der Waals surface area contributed by atoms with Crippen molar-refractivity contribution in [3.8, 4) is 17.1 Å². The average Bonchev–Trinajstić information content (AvgIpc) is 3.31. The number of hydrogen-bond donors (Lipinski definition) is 2. The molecular weight excluding hydrogens is 490 g/mol. The maximum absolute atomic E-state index is 12.9. The van der Waals surface area contributed by atoms with Gasteiger partial charge in [0.25, 0.3) is 0 Å². The lowest BCUT2D eigenvalue weighted by molar-refractivity contribution is -0.147. The zero-order chi connectivity index (χ0) is 27.7. The fourth-order valence-electron chi connectivity index (χ4n) is 5.29. The van der Waals surface area contributed by atoms with Crippen LogP contribution in [0.25, 0.3) is 28.1 Å². The van der Waals surface area contributed by atoms with E-state index in [1.165, 1.54) is 12.7 Å². The number of carbonyl (C=O) groups excluding carboxylic acids is 2. The molecule has 2 heterocycles. The molecule has 8 nitrogen and oxygen atoms in total. The lowest BCUT2D eigenvalue weighted by Crippen LogP contribution is -2.30. The summed E-state index contributed by atoms with van der Waals surface area (Å²) in [7, 11) is 1.41. The molecule has 0 atom stereocenters. The summed E-state index contributed by atoms with van der Waals surface area (Å²) in [5.74, 6) is 0.706. The Morgan fingerprint density at radius 3 is 2.33 bits per heavy atom. The second-order valence-electron chi connectivity index (χ2n) is 11.3. The monoisotopic (exact) mass is 525 g/mol. The molecule has 202 valence electrons. The Balaban J connectivity index is 1.45. The van der Waals surface area contributed by atoms with E-state index in [1.807, 2.05) is 42.5 Å². The van der Waals surface area contributed by atoms with Crippen LogP contribution in [0.2, 0.25) is 0 Å². The van der Waals surface area contributed by atoms with Crippen molar-refractivity contribution in [1.82, 2.24) is 14.5 Å². The molecule has 0 bridgehead atoms. The fourth-order valence-corrected chi connectivity index (χ4v) is 5.29. The quantitative estimate of drug-likeness (QED) is 0.315. The van der Waals surface area contributed by atoms with Crippen molar-refractivity contribution in [3.63, 3.8) is 0 Å². The summed E-state index contributed by atoms with van der Waals surface area (Å²) < 4.78 is 6.95. The minimum atomic E-state index is -0.182. The standard InChI is InChI=1S/C31H35N5O3/c1-31(2,3)21-11-16-25-26(18-21)36(28(35-25)24-6-5-17-33-27(24)32)23-14-12-22(13-15-23)34-29(37)19-7-9-20(10-8-19)30(38)39-4/h5-6,11-20H,7-10H2,1-4H3,(H2,32,33)(H,34,37)/t19-,20-. The number of benzene rings is 2. The van der Waals surface area contributed by atoms with E-state index in [0.29, 0.717) is 37.3 Å². The highest BCUT2D eigenvalue weighted by Gasteiger charge is 2.30. The number of methoxy groups -OCH3 is 1. The first kappa shape index (κ1) is 26.4. The van der Waals surface area contributed by atoms with Gasteiger partial charge in [-0.1, -0.05) is 26.8 Å². The summed E-state index contributed by atoms with van der Waals surface area (Å²) in [6.07, 6.45) is 4.37. The van der Waals surface area contributed by atoms with Crippen LogP contribution in [0.1, 0.15) is 52.0 Å². The molecule has 0 saturated heterocycles. The number of nitrogens with two attached hydrogens (primary N) is 1. The molecule has 0 aliphatic heterocycles. The predicted octanol–water partition coefficient (Wildman–Crippen LogP) is 5.89. The molecule has 2 aromatic heterocycles. The van der Waals surface area contributed by atoms with Gasteiger partial charge in [-0.15, -0.1) is 0 Å². The van der Waals surface area contributed by atoms with Gasteiger partial charge in [-0.25, -0.2) is 9.97 Å². The lowest BCUT2D eigenvalue weighted by Gasteiger charge is -2.26. The minimum Gasteiger partial charge on any atom is -0.469 e. The maximum Gasteiger partial charge on any atom is 0.308 e. The Hall–Kier alpha value is -4.20. The summed E-state index contributed by atoms with van der Waals surface area (Å²) in [6.45, 7) is 6.57. The number of nitrogens with one attached hydrogen (secondary N) is 1. The summed E-state index contributed by atoms with van der Waals surface area (Å²) in [5.41, 5.74) is 11.7. The van der Waals surface area contributed by atoms with Gasteiger partial charge in [0.05, 0.1) is 29.6 Å². The molecule has 3 N–H and O–H groups in total. The third kappa shape index (κ3) is 5.37. The van der Waals surface area contributed by atoms with Gasteiger partial charge in [0.1, 0.15) is 11.6 Å². The third-order valence-electron chi connectivity index (χ3n) is 7.63. The molecule has 1 aliphatic carbocycles. The fraction of sp³-hybridized carbons (Fsp3) is 0.355. The Kier molecular flexibility index (Phi) is 7.12. The number of hydrogen-bond acceptors (Lipinski definition) is 6. The normalized spacial score (nSPS) is 17.6. The van der Waals surface area contributed by atoms with E-state index in [4.69, 9.17) is 15.5 Å². The number of fused-ring (bicyclic) bond motifs is 1. The van der Waals surface area contributed by atoms with Crippen molar-refractivity contribution >= 4 is 34.4 Å². The van der Waals surface area contributed by atoms with Crippen molar-refractivity contribution < 1.29 is 14.3 Å². The zero-order valence-electron chi connectivity index (χ0n) is 22.9. The summed E-state index contributed by atoms with van der Waals surface area (Å²) in [4.78, 5) is 34.0. The molecule has 0 radical (unpaired) electrons. The number of nitrogen functional groups attached to an aromatic ring is 1. The molecule has 5 rings (SSSR count). The van der Waals surface area contributed by atoms with Crippen LogP contribution >= 0.6 is 0 Å². The second-order valence-corrected chi connectivity index (χ2v) is 11.3. The third-order valence-corrected chi connectivity index (χ3v) is 7.63. The Labute approximate surface area is 228 Å². The van der Waals surface area contributed by atoms with Crippen LogP contribution in [0.3, 0.4) is 0 Å². The first-order chi connectivity index (χ1) is 18.7. The number of amides is 1. The average molecular weight is 526 g/mol. The van der Waals surface area contributed by atoms with Crippen LogP contribution in [0, 0.1) is 11.8 Å². The first-order valence-corrected chi connectivity index (χ1v) is 13.4. The molecule has 0 spiro atoms. The molecule has 8 heteroatoms. The second kappa shape index (κ2) is 10.5. The van der Waals surface area contributed by atoms with Gasteiger partial charge in [0, 0.05) is 23.5 Å². The Morgan fingerprint density at radius 1 is 1.00 bits per heavy atom. The van der Waals surface area contributed by atoms with Crippen molar-refractivity contribution in [1.29, 1.82) is 0 Å². The number of carbonyl (C=O) groups is 2. The molecule has 2 aromatic carbocycles. The number of ether oxygens (including phenoxy) is 1. The summed E-state index contributed by atoms with van der Waals surface area (Å²) in [5, 5.41) is 3.05. The van der Waals surface area contributed by atoms with Gasteiger partial charge in [0.15, 0.2) is 0 Å². The van der Waals surface area contributed by atoms with E-state index >= 15 is 0 Å². The molecule has 39 heavy (non-hydrogen) atoms. The largest absolute Gasteiger partial charge is 0.469 e. The van der Waals surface area contributed by atoms with Crippen molar-refractivity contribution in [2.24, 2.45) is 11.8 Å². The minimum absolute atomic E-state index is 0.0159. The van der Waals surface area contributed by atoms with Crippen LogP contribution in [0.4, 0.5) is 11.5 Å². The van der Waals surface area contributed by atoms with Gasteiger partial charge in [-0.2, -0.15) is 0 Å². The van der Waals surface area contributed by atoms with E-state index in [1.54, 1.807) is 6.20 Å². The Morgan fingerprint density at radius 2 is 1.69 bits per heavy atom. The molecule has 0 unspecified atom stereocenters. The highest BCUT2D eigenvalue weighted by Crippen LogP contribution is 2.34. The van der Waals surface area contributed by atoms with E-state index in [2.05, 4.69) is 47.8 Å². The number of pyridine rings is 1. The van der Waals surface area contributed by atoms with Crippen LogP contribution in [0.15, 0.2) is 60.8 Å². The predicted molar refractivity (Wildman–Crippen MR) is 154 cm³/mol. The smallest absolute Gasteiger partial charge is 0.308 e. The number of esters is 1. The molecule has 1 aliphatic rings. The highest BCUT2D eigenvalue weighted by molar-refractivity contribution is 5.93. The van der Waals surface area contributed by atoms with Gasteiger partial charge < -0.3 is 15.8 Å². The molecule has 1 saturated carbocycles. The van der Waals surface area contributed by atoms with Gasteiger partial charge in [0.2, 0.25) is 5.91 Å². The van der Waals surface area contributed by atoms with Crippen molar-refractivity contribution in [2.45, 2.75) is 51.9 Å². The SMILES string of the molecule is COC(=O)[C@H]1CC[C@H](C(=O)Nc2ccc(-n3c(-c4cccnc4N)nc4ccc(C(C)(C)C)cc43)cc2)CC1. The van der Waals surface area contributed by atoms with Crippen molar-refractivity contribution in [3.05, 3.63) is 66.4 Å². The molecule has 1 amide bonds. The van der Waals surface area contributed by atoms with Gasteiger partial charge in [-0.3, -0.25) is 14.2 Å². The molecule has 4 aromatic rings. The van der Waals surface area contributed by atoms with E-state index in [-0.39, 0.29) is 29.1 Å². The van der Waals surface area contributed by atoms with Crippen LogP contribution in [-0.4, -0.2) is 33.5 Å². The summed E-state index contributed by atoms with van der Waals surface area (Å²) >= 11 is 0. The van der Waals surface area contributed by atoms with Gasteiger partial charge >= 0.3 is 5.97 Å². The molecule has 1 fully saturated rings. The number of nitrogens with zero attached hydrogens (tertiary/aromatic N) is 3. The number of rotatable bonds is 5. The Bertz CT molecular complexity index is 1510. The van der Waals surface area contributed by atoms with Crippen LogP contribution in [0.5, 0.6) is 0 Å². The van der Waals surface area contributed by atoms with E-state index in [0.717, 1.165) is 28.0 Å². The van der Waals surface area contributed by atoms with E-state index < -0.39 is 0 Å². The van der Waals surface area contributed by atoms with Crippen LogP contribution in [-0.2, 0) is 19.7 Å². The van der Waals surface area contributed by atoms with Crippen LogP contribution < -0.4 is 11.1 Å². The summed E-state index contributed by atoms with van der Waals surface area (Å²) in [6, 6.07) is 17.9. The topological polar surface area (TPSA) is 112 Å². The number of aromatic nitrogens is 3. The molecular formula is C31H35N5O3. The van der Waals surface area contributed by atoms with Crippen molar-refractivity contribution in [2.75, 3.05) is 18.2 Å². The first-order valence-electron chi connectivity index (χ1n) is 13.4. The number of anilines is 2. The van der Waals surface area contributed by atoms with Gasteiger partial charge in [-0.05, 0) is 85.2 Å². The zero-order valence-corrected chi connectivity index (χ0v) is 22.9. The van der Waals surface area contributed by atoms with E-state index in [9.17, 15) is 9.59 Å². The maximum atomic E-state index is 12.9. The lowest BCUT2D eigenvalue weighted by atomic mass is 9.81. The highest BCUT2D eigenvalue weighted by atomic mass is 16.5. The number of imidazole rings is 1.